The molecule has 1 aliphatic heterocycles. The largest absolute Gasteiger partial charge is 0.485 e. The van der Waals surface area contributed by atoms with Crippen LogP contribution < -0.4 is 9.47 Å². The first-order chi connectivity index (χ1) is 18.2. The second kappa shape index (κ2) is 11.9. The van der Waals surface area contributed by atoms with Gasteiger partial charge in [0.15, 0.2) is 0 Å². The van der Waals surface area contributed by atoms with Gasteiger partial charge in [-0.3, -0.25) is 9.69 Å². The molecular formula is C31H37FN2O4. The lowest BCUT2D eigenvalue weighted by Crippen LogP contribution is -2.27. The highest BCUT2D eigenvalue weighted by Crippen LogP contribution is 2.40. The first-order valence-electron chi connectivity index (χ1n) is 13.3. The van der Waals surface area contributed by atoms with E-state index in [1.54, 1.807) is 13.0 Å². The standard InChI is InChI=1S/C31H37FN2O4/c1-6-34(7-2)20(4)25-16-23(10-12-24(25)26-17-30(37-5)33-18-27(26)32)28-13-11-22-9-8-21(15-29(22)38-28)14-19(3)31(35)36/h8-10,12,15-20,28H,6-7,11,13-14H2,1-5H3,(H,35,36). The van der Waals surface area contributed by atoms with Gasteiger partial charge in [-0.15, -0.1) is 0 Å². The molecule has 0 aliphatic carbocycles. The number of hydrogen-bond donors (Lipinski definition) is 1. The number of methoxy groups -OCH3 is 1. The molecule has 1 N–H and O–H groups in total. The number of halogens is 1. The maximum absolute atomic E-state index is 15.0. The molecule has 0 amide bonds. The Morgan fingerprint density at radius 2 is 1.92 bits per heavy atom. The number of pyridine rings is 1. The van der Waals surface area contributed by atoms with E-state index in [-0.39, 0.29) is 12.1 Å². The van der Waals surface area contributed by atoms with Crippen molar-refractivity contribution in [1.82, 2.24) is 9.88 Å². The Labute approximate surface area is 224 Å². The van der Waals surface area contributed by atoms with E-state index in [4.69, 9.17) is 9.47 Å². The van der Waals surface area contributed by atoms with Crippen LogP contribution in [0.1, 0.15) is 68.5 Å². The molecule has 3 atom stereocenters. The van der Waals surface area contributed by atoms with Gasteiger partial charge in [0.2, 0.25) is 5.88 Å². The number of aromatic nitrogens is 1. The van der Waals surface area contributed by atoms with E-state index in [1.807, 2.05) is 30.3 Å². The summed E-state index contributed by atoms with van der Waals surface area (Å²) in [4.78, 5) is 17.7. The summed E-state index contributed by atoms with van der Waals surface area (Å²) in [5.74, 6) is -0.482. The quantitative estimate of drug-likeness (QED) is 0.324. The molecule has 3 unspecified atom stereocenters. The van der Waals surface area contributed by atoms with E-state index in [9.17, 15) is 9.90 Å². The fourth-order valence-corrected chi connectivity index (χ4v) is 5.29. The van der Waals surface area contributed by atoms with Gasteiger partial charge in [0.25, 0.3) is 0 Å². The summed E-state index contributed by atoms with van der Waals surface area (Å²) in [5.41, 5.74) is 5.42. The van der Waals surface area contributed by atoms with Gasteiger partial charge in [0, 0.05) is 17.7 Å². The summed E-state index contributed by atoms with van der Waals surface area (Å²) in [7, 11) is 1.53. The van der Waals surface area contributed by atoms with Gasteiger partial charge in [-0.05, 0) is 79.2 Å². The number of ether oxygens (including phenoxy) is 2. The highest BCUT2D eigenvalue weighted by atomic mass is 19.1. The second-order valence-corrected chi connectivity index (χ2v) is 9.98. The summed E-state index contributed by atoms with van der Waals surface area (Å²) in [5, 5.41) is 9.30. The topological polar surface area (TPSA) is 71.9 Å². The predicted molar refractivity (Wildman–Crippen MR) is 146 cm³/mol. The minimum Gasteiger partial charge on any atom is -0.485 e. The normalized spacial score (nSPS) is 16.4. The van der Waals surface area contributed by atoms with Crippen LogP contribution in [0, 0.1) is 11.7 Å². The van der Waals surface area contributed by atoms with E-state index in [0.29, 0.717) is 17.9 Å². The summed E-state index contributed by atoms with van der Waals surface area (Å²) < 4.78 is 26.8. The first-order valence-corrected chi connectivity index (χ1v) is 13.3. The average molecular weight is 521 g/mol. The molecule has 1 aromatic heterocycles. The van der Waals surface area contributed by atoms with Gasteiger partial charge < -0.3 is 14.6 Å². The van der Waals surface area contributed by atoms with E-state index in [1.165, 1.54) is 13.3 Å². The monoisotopic (exact) mass is 520 g/mol. The number of fused-ring (bicyclic) bond motifs is 1. The van der Waals surface area contributed by atoms with E-state index in [0.717, 1.165) is 59.5 Å². The molecule has 0 saturated carbocycles. The predicted octanol–water partition coefficient (Wildman–Crippen LogP) is 6.63. The molecule has 0 spiro atoms. The molecule has 0 bridgehead atoms. The van der Waals surface area contributed by atoms with Crippen LogP contribution in [-0.2, 0) is 17.6 Å². The molecule has 38 heavy (non-hydrogen) atoms. The molecule has 6 nitrogen and oxygen atoms in total. The third kappa shape index (κ3) is 5.83. The number of aryl methyl sites for hydroxylation is 1. The fourth-order valence-electron chi connectivity index (χ4n) is 5.29. The highest BCUT2D eigenvalue weighted by Gasteiger charge is 2.26. The van der Waals surface area contributed by atoms with Crippen LogP contribution in [0.25, 0.3) is 11.1 Å². The van der Waals surface area contributed by atoms with Crippen molar-refractivity contribution >= 4 is 5.97 Å². The Morgan fingerprint density at radius 1 is 1.16 bits per heavy atom. The van der Waals surface area contributed by atoms with Crippen LogP contribution in [0.15, 0.2) is 48.7 Å². The Kier molecular flexibility index (Phi) is 8.67. The van der Waals surface area contributed by atoms with Crippen LogP contribution in [0.5, 0.6) is 11.6 Å². The number of benzene rings is 2. The van der Waals surface area contributed by atoms with Crippen LogP contribution in [0.4, 0.5) is 4.39 Å². The summed E-state index contributed by atoms with van der Waals surface area (Å²) in [6, 6.07) is 13.9. The van der Waals surface area contributed by atoms with E-state index >= 15 is 4.39 Å². The smallest absolute Gasteiger partial charge is 0.306 e. The second-order valence-electron chi connectivity index (χ2n) is 9.98. The summed E-state index contributed by atoms with van der Waals surface area (Å²) >= 11 is 0. The number of rotatable bonds is 10. The molecule has 0 radical (unpaired) electrons. The lowest BCUT2D eigenvalue weighted by molar-refractivity contribution is -0.141. The molecule has 2 heterocycles. The molecule has 7 heteroatoms. The number of carboxylic acids is 1. The lowest BCUT2D eigenvalue weighted by atomic mass is 9.89. The van der Waals surface area contributed by atoms with Gasteiger partial charge in [-0.2, -0.15) is 0 Å². The lowest BCUT2D eigenvalue weighted by Gasteiger charge is -2.31. The maximum Gasteiger partial charge on any atom is 0.306 e. The average Bonchev–Trinajstić information content (AvgIpc) is 2.93. The third-order valence-electron chi connectivity index (χ3n) is 7.63. The minimum atomic E-state index is -0.806. The number of hydrogen-bond acceptors (Lipinski definition) is 5. The molecule has 0 saturated heterocycles. The van der Waals surface area contributed by atoms with Gasteiger partial charge in [0.1, 0.15) is 17.7 Å². The highest BCUT2D eigenvalue weighted by molar-refractivity contribution is 5.70. The minimum absolute atomic E-state index is 0.0542. The third-order valence-corrected chi connectivity index (χ3v) is 7.63. The van der Waals surface area contributed by atoms with Crippen LogP contribution in [0.2, 0.25) is 0 Å². The van der Waals surface area contributed by atoms with Crippen LogP contribution in [0.3, 0.4) is 0 Å². The molecule has 0 fully saturated rings. The summed E-state index contributed by atoms with van der Waals surface area (Å²) in [6.45, 7) is 9.86. The fraction of sp³-hybridized carbons (Fsp3) is 0.419. The SMILES string of the molecule is CCN(CC)C(C)c1cc(C2CCc3ccc(CC(C)C(=O)O)cc3O2)ccc1-c1cc(OC)ncc1F. The van der Waals surface area contributed by atoms with Crippen molar-refractivity contribution in [3.05, 3.63) is 76.7 Å². The van der Waals surface area contributed by atoms with Crippen molar-refractivity contribution < 1.29 is 23.8 Å². The number of carboxylic acid groups (broad SMARTS) is 1. The molecule has 4 rings (SSSR count). The maximum atomic E-state index is 15.0. The van der Waals surface area contributed by atoms with Gasteiger partial charge >= 0.3 is 5.97 Å². The Morgan fingerprint density at radius 3 is 2.61 bits per heavy atom. The van der Waals surface area contributed by atoms with E-state index in [2.05, 4.69) is 36.7 Å². The van der Waals surface area contributed by atoms with Crippen molar-refractivity contribution in [1.29, 1.82) is 0 Å². The molecular weight excluding hydrogens is 483 g/mol. The molecule has 3 aromatic rings. The number of aliphatic carboxylic acids is 1. The van der Waals surface area contributed by atoms with Crippen molar-refractivity contribution in [2.45, 2.75) is 59.1 Å². The van der Waals surface area contributed by atoms with Gasteiger partial charge in [0.05, 0.1) is 19.2 Å². The zero-order valence-corrected chi connectivity index (χ0v) is 22.8. The Hall–Kier alpha value is -3.45. The Balaban J connectivity index is 1.71. The van der Waals surface area contributed by atoms with Crippen molar-refractivity contribution in [2.75, 3.05) is 20.2 Å². The van der Waals surface area contributed by atoms with Gasteiger partial charge in [-0.1, -0.05) is 45.0 Å². The summed E-state index contributed by atoms with van der Waals surface area (Å²) in [6.07, 6.45) is 3.21. The van der Waals surface area contributed by atoms with Gasteiger partial charge in [-0.25, -0.2) is 9.37 Å². The molecule has 1 aliphatic rings. The Bertz CT molecular complexity index is 1290. The molecule has 2 aromatic carbocycles. The van der Waals surface area contributed by atoms with Crippen molar-refractivity contribution in [3.63, 3.8) is 0 Å². The molecule has 202 valence electrons. The van der Waals surface area contributed by atoms with Crippen molar-refractivity contribution in [3.8, 4) is 22.8 Å². The number of carbonyl (C=O) groups is 1. The zero-order chi connectivity index (χ0) is 27.4. The van der Waals surface area contributed by atoms with Crippen LogP contribution >= 0.6 is 0 Å². The first kappa shape index (κ1) is 27.6. The zero-order valence-electron chi connectivity index (χ0n) is 22.8. The van der Waals surface area contributed by atoms with Crippen LogP contribution in [-0.4, -0.2) is 41.2 Å². The number of nitrogens with zero attached hydrogens (tertiary/aromatic N) is 2. The van der Waals surface area contributed by atoms with Crippen molar-refractivity contribution in [2.24, 2.45) is 5.92 Å². The van der Waals surface area contributed by atoms with E-state index < -0.39 is 17.7 Å².